The number of phenolic OH excluding ortho intramolecular Hbond substituents is 2. The second kappa shape index (κ2) is 40.9. The second-order valence-electron chi connectivity index (χ2n) is 22.9. The van der Waals surface area contributed by atoms with Crippen LogP contribution in [0.1, 0.15) is 95.8 Å². The Balaban J connectivity index is 1.85. The monoisotopic (exact) mass is 1340 g/mol. The molecule has 0 saturated heterocycles. The topological polar surface area (TPSA) is 574 Å². The summed E-state index contributed by atoms with van der Waals surface area (Å²) in [6.45, 7) is 4.10. The van der Waals surface area contributed by atoms with Crippen LogP contribution in [0, 0.1) is 5.92 Å². The molecule has 0 aromatic heterocycles. The van der Waals surface area contributed by atoms with Crippen molar-refractivity contribution in [2.45, 2.75) is 153 Å². The summed E-state index contributed by atoms with van der Waals surface area (Å²) in [5.41, 5.74) is 29.0. The number of aliphatic hydroxyl groups is 1. The maximum atomic E-state index is 14.2. The minimum Gasteiger partial charge on any atom is -0.508 e. The van der Waals surface area contributed by atoms with Crippen molar-refractivity contribution >= 4 is 88.7 Å². The van der Waals surface area contributed by atoms with Crippen molar-refractivity contribution in [3.8, 4) is 11.5 Å². The number of benzene rings is 3. The van der Waals surface area contributed by atoms with Crippen LogP contribution in [-0.4, -0.2) is 185 Å². The van der Waals surface area contributed by atoms with Crippen LogP contribution in [-0.2, 0) is 86.4 Å². The Hall–Kier alpha value is -10.9. The highest BCUT2D eigenvalue weighted by atomic mass is 16.3. The van der Waals surface area contributed by atoms with Gasteiger partial charge in [0.2, 0.25) is 82.7 Å². The summed E-state index contributed by atoms with van der Waals surface area (Å²) in [5, 5.41) is 56.8. The Bertz CT molecular complexity index is 3210. The number of nitrogens with one attached hydrogen (secondary N) is 11. The zero-order chi connectivity index (χ0) is 71.6. The van der Waals surface area contributed by atoms with Crippen molar-refractivity contribution in [2.75, 3.05) is 26.2 Å². The van der Waals surface area contributed by atoms with Gasteiger partial charge in [0.15, 0.2) is 5.96 Å². The van der Waals surface area contributed by atoms with E-state index in [0.717, 1.165) is 6.92 Å². The number of aliphatic imine (C=N–C) groups is 1. The minimum atomic E-state index is -1.94. The summed E-state index contributed by atoms with van der Waals surface area (Å²) in [5.74, 6) is -14.1. The van der Waals surface area contributed by atoms with Crippen molar-refractivity contribution in [3.05, 3.63) is 95.6 Å². The van der Waals surface area contributed by atoms with Crippen molar-refractivity contribution in [1.82, 2.24) is 58.5 Å². The van der Waals surface area contributed by atoms with Gasteiger partial charge in [0.1, 0.15) is 65.9 Å². The highest BCUT2D eigenvalue weighted by molar-refractivity contribution is 6.00. The first kappa shape index (κ1) is 79.3. The van der Waals surface area contributed by atoms with Gasteiger partial charge in [0, 0.05) is 46.2 Å². The van der Waals surface area contributed by atoms with E-state index < -0.39 is 157 Å². The van der Waals surface area contributed by atoms with Crippen molar-refractivity contribution in [2.24, 2.45) is 39.6 Å². The number of aromatic hydroxyl groups is 2. The number of phenols is 2. The SMILES string of the molecule is CC(=O)NCCCC[C@H](NC(=O)[C@H](CC(N)=O)NC(=O)[C@H](Cc1ccc(O)cc1)NC(C)=O)C(=O)N[C@@H](CC(N)=O)C(=O)N[C@@H](CO)C(=O)N[C@@H](Cc1ccccc1)C(=O)NCC(=O)N[C@@H](CC(C)C)C(=O)N[C@@H](CCCN=C(N)N)C(=O)N[C@@H](Cc1ccc(O)cc1)C(N)=O. The van der Waals surface area contributed by atoms with E-state index in [1.165, 1.54) is 55.5 Å². The van der Waals surface area contributed by atoms with E-state index in [1.807, 2.05) is 0 Å². The number of aliphatic hydroxyl groups excluding tert-OH is 1. The summed E-state index contributed by atoms with van der Waals surface area (Å²) >= 11 is 0. The lowest BCUT2D eigenvalue weighted by molar-refractivity contribution is -0.137. The molecule has 24 N–H and O–H groups in total. The molecule has 524 valence electrons. The highest BCUT2D eigenvalue weighted by Crippen LogP contribution is 2.15. The summed E-state index contributed by atoms with van der Waals surface area (Å²) in [6, 6.07) is 5.46. The zero-order valence-corrected chi connectivity index (χ0v) is 53.8. The van der Waals surface area contributed by atoms with Crippen LogP contribution in [0.3, 0.4) is 0 Å². The Labute approximate surface area is 553 Å². The molecule has 3 aromatic carbocycles. The molecule has 0 aliphatic rings. The van der Waals surface area contributed by atoms with E-state index in [9.17, 15) is 82.4 Å². The number of nitrogens with zero attached hydrogens (tertiary/aromatic N) is 1. The maximum Gasteiger partial charge on any atom is 0.245 e. The van der Waals surface area contributed by atoms with Crippen LogP contribution >= 0.6 is 0 Å². The number of hydrogen-bond donors (Lipinski definition) is 19. The van der Waals surface area contributed by atoms with Crippen molar-refractivity contribution < 1.29 is 82.4 Å². The van der Waals surface area contributed by atoms with E-state index in [1.54, 1.807) is 44.2 Å². The van der Waals surface area contributed by atoms with Gasteiger partial charge in [-0.15, -0.1) is 0 Å². The molecule has 34 nitrogen and oxygen atoms in total. The summed E-state index contributed by atoms with van der Waals surface area (Å²) in [7, 11) is 0. The number of unbranched alkanes of at least 4 members (excludes halogenated alkanes) is 1. The quantitative estimate of drug-likeness (QED) is 0.0143. The maximum absolute atomic E-state index is 14.2. The van der Waals surface area contributed by atoms with Gasteiger partial charge in [0.25, 0.3) is 0 Å². The number of nitrogens with two attached hydrogens (primary N) is 5. The Morgan fingerprint density at radius 1 is 0.427 bits per heavy atom. The second-order valence-corrected chi connectivity index (χ2v) is 22.9. The number of hydrogen-bond acceptors (Lipinski definition) is 18. The van der Waals surface area contributed by atoms with Gasteiger partial charge in [-0.05, 0) is 85.4 Å². The Morgan fingerprint density at radius 2 is 0.833 bits per heavy atom. The fraction of sp³-hybridized carbons (Fsp3) is 0.468. The van der Waals surface area contributed by atoms with Crippen LogP contribution in [0.2, 0.25) is 0 Å². The third-order valence-electron chi connectivity index (χ3n) is 14.2. The van der Waals surface area contributed by atoms with Crippen LogP contribution in [0.4, 0.5) is 0 Å². The van der Waals surface area contributed by atoms with Crippen LogP contribution in [0.25, 0.3) is 0 Å². The molecule has 3 aromatic rings. The lowest BCUT2D eigenvalue weighted by Crippen LogP contribution is -2.61. The molecule has 0 radical (unpaired) electrons. The number of carbonyl (C=O) groups is 14. The average molecular weight is 1340 g/mol. The minimum absolute atomic E-state index is 0.0100. The molecule has 34 heteroatoms. The van der Waals surface area contributed by atoms with E-state index in [-0.39, 0.29) is 100 Å². The number of amides is 14. The summed E-state index contributed by atoms with van der Waals surface area (Å²) < 4.78 is 0. The molecule has 9 atom stereocenters. The number of rotatable bonds is 42. The number of guanidine groups is 1. The van der Waals surface area contributed by atoms with Gasteiger partial charge in [-0.25, -0.2) is 0 Å². The average Bonchev–Trinajstić information content (AvgIpc) is 0.941. The highest BCUT2D eigenvalue weighted by Gasteiger charge is 2.36. The van der Waals surface area contributed by atoms with Crippen LogP contribution < -0.4 is 87.2 Å². The molecule has 96 heavy (non-hydrogen) atoms. The van der Waals surface area contributed by atoms with Crippen LogP contribution in [0.5, 0.6) is 11.5 Å². The van der Waals surface area contributed by atoms with E-state index in [2.05, 4.69) is 63.5 Å². The molecule has 0 spiro atoms. The molecular weight excluding hydrogens is 1250 g/mol. The van der Waals surface area contributed by atoms with Gasteiger partial charge in [-0.2, -0.15) is 0 Å². The zero-order valence-electron chi connectivity index (χ0n) is 53.8. The molecule has 0 aliphatic heterocycles. The Morgan fingerprint density at radius 3 is 1.29 bits per heavy atom. The first-order chi connectivity index (χ1) is 45.3. The predicted octanol–water partition coefficient (Wildman–Crippen LogP) is -5.74. The third kappa shape index (κ3) is 30.7. The largest absolute Gasteiger partial charge is 0.508 e. The standard InChI is InChI=1S/C62H89N17O17/c1-33(2)25-44(57(92)74-42(14-10-24-69-62(66)67)55(90)75-43(53(65)88)26-37-15-19-39(83)20-16-37)72-52(87)31-70-54(89)45(27-36-11-6-5-7-12-36)76-61(96)49(32-80)79-60(95)48(30-51(64)86)77-56(91)41(13-8-9-23-68-34(3)81)73-59(94)47(29-50(63)85)78-58(93)46(71-35(4)82)28-38-17-21-40(84)22-18-38/h5-7,11-12,15-22,33,41-49,80,83-84H,8-10,13-14,23-32H2,1-4H3,(H2,63,85)(H2,64,86)(H2,65,88)(H,68,81)(H,70,89)(H,71,82)(H,72,87)(H,73,94)(H,74,92)(H,75,90)(H,76,96)(H,77,91)(H,78,93)(H,79,95)(H4,66,67,69)/t41-,42-,43-,44-,45-,46-,47-,48-,49-/m0/s1. The van der Waals surface area contributed by atoms with E-state index in [0.29, 0.717) is 16.7 Å². The smallest absolute Gasteiger partial charge is 0.245 e. The fourth-order valence-corrected chi connectivity index (χ4v) is 9.41. The van der Waals surface area contributed by atoms with E-state index in [4.69, 9.17) is 28.7 Å². The summed E-state index contributed by atoms with van der Waals surface area (Å²) in [4.78, 5) is 190. The summed E-state index contributed by atoms with van der Waals surface area (Å²) in [6.07, 6.45) is -2.06. The molecular formula is C62H89N17O17. The molecule has 0 saturated carbocycles. The molecule has 0 unspecified atom stereocenters. The molecule has 0 aliphatic carbocycles. The molecule has 14 amide bonds. The van der Waals surface area contributed by atoms with Crippen molar-refractivity contribution in [1.29, 1.82) is 0 Å². The third-order valence-corrected chi connectivity index (χ3v) is 14.2. The fourth-order valence-electron chi connectivity index (χ4n) is 9.41. The van der Waals surface area contributed by atoms with Crippen molar-refractivity contribution in [3.63, 3.8) is 0 Å². The van der Waals surface area contributed by atoms with Gasteiger partial charge < -0.3 is 102 Å². The molecule has 3 rings (SSSR count). The van der Waals surface area contributed by atoms with Gasteiger partial charge in [-0.1, -0.05) is 68.4 Å². The molecule has 0 bridgehead atoms. The predicted molar refractivity (Wildman–Crippen MR) is 346 cm³/mol. The number of primary amides is 3. The lowest BCUT2D eigenvalue weighted by atomic mass is 10.0. The first-order valence-electron chi connectivity index (χ1n) is 30.7. The molecule has 0 fully saturated rings. The van der Waals surface area contributed by atoms with Gasteiger partial charge in [0.05, 0.1) is 26.0 Å². The number of carbonyl (C=O) groups excluding carboxylic acids is 14. The lowest BCUT2D eigenvalue weighted by Gasteiger charge is -2.27. The van der Waals surface area contributed by atoms with E-state index >= 15 is 0 Å². The molecule has 0 heterocycles. The van der Waals surface area contributed by atoms with Gasteiger partial charge in [-0.3, -0.25) is 72.1 Å². The van der Waals surface area contributed by atoms with Gasteiger partial charge >= 0.3 is 0 Å². The van der Waals surface area contributed by atoms with Crippen LogP contribution in [0.15, 0.2) is 83.9 Å². The first-order valence-corrected chi connectivity index (χ1v) is 30.7. The Kier molecular flexibility index (Phi) is 33.8. The normalized spacial score (nSPS) is 13.6.